The van der Waals surface area contributed by atoms with Gasteiger partial charge in [0.05, 0.1) is 6.54 Å². The van der Waals surface area contributed by atoms with Gasteiger partial charge < -0.3 is 14.1 Å². The van der Waals surface area contributed by atoms with E-state index in [1.165, 1.54) is 0 Å². The fourth-order valence-electron chi connectivity index (χ4n) is 1.55. The zero-order valence-electron chi connectivity index (χ0n) is 10.8. The average molecular weight is 403 g/mol. The highest BCUT2D eigenvalue weighted by Gasteiger charge is 2.15. The van der Waals surface area contributed by atoms with Gasteiger partial charge in [0.1, 0.15) is 12.4 Å². The van der Waals surface area contributed by atoms with Crippen LogP contribution in [0.15, 0.2) is 50.0 Å². The summed E-state index contributed by atoms with van der Waals surface area (Å²) >= 11 is 6.53. The molecule has 1 aromatic carbocycles. The Morgan fingerprint density at radius 1 is 1.20 bits per heavy atom. The molecule has 0 radical (unpaired) electrons. The van der Waals surface area contributed by atoms with Gasteiger partial charge in [-0.2, -0.15) is 0 Å². The maximum absolute atomic E-state index is 12.0. The summed E-state index contributed by atoms with van der Waals surface area (Å²) in [6, 6.07) is 10.9. The summed E-state index contributed by atoms with van der Waals surface area (Å²) in [4.78, 5) is 13.6. The molecule has 0 aliphatic carbocycles. The Bertz CT molecular complexity index is 580. The van der Waals surface area contributed by atoms with E-state index in [9.17, 15) is 4.79 Å². The number of halogens is 2. The third-order valence-electron chi connectivity index (χ3n) is 2.64. The third-order valence-corrected chi connectivity index (χ3v) is 3.59. The Morgan fingerprint density at radius 3 is 2.50 bits per heavy atom. The largest absolute Gasteiger partial charge is 0.492 e. The molecule has 0 aliphatic rings. The molecule has 4 nitrogen and oxygen atoms in total. The first-order valence-electron chi connectivity index (χ1n) is 5.95. The van der Waals surface area contributed by atoms with Gasteiger partial charge >= 0.3 is 0 Å². The van der Waals surface area contributed by atoms with Gasteiger partial charge in [0.2, 0.25) is 0 Å². The van der Waals surface area contributed by atoms with Crippen LogP contribution in [-0.4, -0.2) is 31.0 Å². The lowest BCUT2D eigenvalue weighted by molar-refractivity contribution is 0.0741. The van der Waals surface area contributed by atoms with Crippen LogP contribution in [0, 0.1) is 0 Å². The molecule has 106 valence electrons. The minimum absolute atomic E-state index is 0.171. The van der Waals surface area contributed by atoms with Crippen molar-refractivity contribution in [2.45, 2.75) is 0 Å². The highest BCUT2D eigenvalue weighted by molar-refractivity contribution is 9.10. The van der Waals surface area contributed by atoms with Crippen LogP contribution in [0.5, 0.6) is 5.75 Å². The van der Waals surface area contributed by atoms with Crippen LogP contribution in [-0.2, 0) is 0 Å². The van der Waals surface area contributed by atoms with Crippen LogP contribution in [0.25, 0.3) is 0 Å². The van der Waals surface area contributed by atoms with E-state index in [0.717, 1.165) is 10.2 Å². The maximum Gasteiger partial charge on any atom is 0.289 e. The van der Waals surface area contributed by atoms with E-state index in [0.29, 0.717) is 23.6 Å². The van der Waals surface area contributed by atoms with Crippen molar-refractivity contribution >= 4 is 37.8 Å². The highest BCUT2D eigenvalue weighted by Crippen LogP contribution is 2.17. The van der Waals surface area contributed by atoms with Crippen molar-refractivity contribution in [2.24, 2.45) is 0 Å². The van der Waals surface area contributed by atoms with Crippen molar-refractivity contribution in [2.75, 3.05) is 20.2 Å². The minimum atomic E-state index is -0.171. The molecular formula is C14H13Br2NO3. The number of amides is 1. The number of likely N-dealkylation sites (N-methyl/N-ethyl adjacent to an activating group) is 1. The number of hydrogen-bond donors (Lipinski definition) is 0. The minimum Gasteiger partial charge on any atom is -0.492 e. The Labute approximate surface area is 134 Å². The Morgan fingerprint density at radius 2 is 1.90 bits per heavy atom. The van der Waals surface area contributed by atoms with Crippen LogP contribution in [0.2, 0.25) is 0 Å². The average Bonchev–Trinajstić information content (AvgIpc) is 2.86. The maximum atomic E-state index is 12.0. The molecule has 1 amide bonds. The fourth-order valence-corrected chi connectivity index (χ4v) is 2.12. The smallest absolute Gasteiger partial charge is 0.289 e. The first kappa shape index (κ1) is 15.1. The standard InChI is InChI=1S/C14H13Br2NO3/c1-17(14(18)12-6-7-13(16)20-12)8-9-19-11-4-2-10(15)3-5-11/h2-7H,8-9H2,1H3. The van der Waals surface area contributed by atoms with E-state index >= 15 is 0 Å². The number of rotatable bonds is 5. The number of furan rings is 1. The highest BCUT2D eigenvalue weighted by atomic mass is 79.9. The molecule has 0 saturated heterocycles. The summed E-state index contributed by atoms with van der Waals surface area (Å²) in [6.07, 6.45) is 0. The zero-order chi connectivity index (χ0) is 14.5. The molecule has 0 atom stereocenters. The molecular weight excluding hydrogens is 390 g/mol. The van der Waals surface area contributed by atoms with Crippen LogP contribution in [0.1, 0.15) is 10.6 Å². The number of carbonyl (C=O) groups excluding carboxylic acids is 1. The van der Waals surface area contributed by atoms with E-state index < -0.39 is 0 Å². The summed E-state index contributed by atoms with van der Waals surface area (Å²) in [5.74, 6) is 0.910. The molecule has 0 spiro atoms. The lowest BCUT2D eigenvalue weighted by Gasteiger charge is -2.16. The summed E-state index contributed by atoms with van der Waals surface area (Å²) in [7, 11) is 1.71. The number of nitrogens with zero attached hydrogens (tertiary/aromatic N) is 1. The van der Waals surface area contributed by atoms with Crippen molar-refractivity contribution < 1.29 is 13.9 Å². The SMILES string of the molecule is CN(CCOc1ccc(Br)cc1)C(=O)c1ccc(Br)o1. The van der Waals surface area contributed by atoms with Crippen molar-refractivity contribution in [3.63, 3.8) is 0 Å². The van der Waals surface area contributed by atoms with Gasteiger partial charge in [0.25, 0.3) is 5.91 Å². The summed E-state index contributed by atoms with van der Waals surface area (Å²) in [6.45, 7) is 0.902. The lowest BCUT2D eigenvalue weighted by atomic mass is 10.3. The third kappa shape index (κ3) is 4.11. The monoisotopic (exact) mass is 401 g/mol. The molecule has 0 saturated carbocycles. The molecule has 6 heteroatoms. The van der Waals surface area contributed by atoms with Gasteiger partial charge in [-0.05, 0) is 52.3 Å². The molecule has 0 unspecified atom stereocenters. The molecule has 0 N–H and O–H groups in total. The Hall–Kier alpha value is -1.27. The van der Waals surface area contributed by atoms with E-state index in [-0.39, 0.29) is 5.91 Å². The predicted octanol–water partition coefficient (Wildman–Crippen LogP) is 3.96. The molecule has 0 fully saturated rings. The Balaban J connectivity index is 1.81. The van der Waals surface area contributed by atoms with Crippen molar-refractivity contribution in [1.29, 1.82) is 0 Å². The first-order chi connectivity index (χ1) is 9.56. The van der Waals surface area contributed by atoms with Gasteiger partial charge in [0, 0.05) is 11.5 Å². The van der Waals surface area contributed by atoms with Crippen molar-refractivity contribution in [3.8, 4) is 5.75 Å². The summed E-state index contributed by atoms with van der Waals surface area (Å²) < 4.78 is 12.3. The quantitative estimate of drug-likeness (QED) is 0.760. The molecule has 1 heterocycles. The molecule has 20 heavy (non-hydrogen) atoms. The summed E-state index contributed by atoms with van der Waals surface area (Å²) in [5.41, 5.74) is 0. The van der Waals surface area contributed by atoms with Crippen LogP contribution >= 0.6 is 31.9 Å². The number of hydrogen-bond acceptors (Lipinski definition) is 3. The number of ether oxygens (including phenoxy) is 1. The molecule has 2 rings (SSSR count). The second-order valence-electron chi connectivity index (χ2n) is 4.13. The van der Waals surface area contributed by atoms with Gasteiger partial charge in [-0.1, -0.05) is 15.9 Å². The fraction of sp³-hybridized carbons (Fsp3) is 0.214. The molecule has 1 aromatic heterocycles. The van der Waals surface area contributed by atoms with Gasteiger partial charge in [-0.3, -0.25) is 4.79 Å². The Kier molecular flexibility index (Phi) is 5.25. The van der Waals surface area contributed by atoms with Gasteiger partial charge in [-0.25, -0.2) is 0 Å². The van der Waals surface area contributed by atoms with E-state index in [4.69, 9.17) is 9.15 Å². The van der Waals surface area contributed by atoms with Gasteiger partial charge in [0.15, 0.2) is 10.4 Å². The molecule has 2 aromatic rings. The lowest BCUT2D eigenvalue weighted by Crippen LogP contribution is -2.30. The number of benzene rings is 1. The van der Waals surface area contributed by atoms with Crippen LogP contribution in [0.4, 0.5) is 0 Å². The van der Waals surface area contributed by atoms with Crippen LogP contribution < -0.4 is 4.74 Å². The predicted molar refractivity (Wildman–Crippen MR) is 83.0 cm³/mol. The van der Waals surface area contributed by atoms with Crippen molar-refractivity contribution in [3.05, 3.63) is 51.3 Å². The number of carbonyl (C=O) groups is 1. The second-order valence-corrected chi connectivity index (χ2v) is 5.83. The van der Waals surface area contributed by atoms with E-state index in [1.807, 2.05) is 24.3 Å². The molecule has 0 bridgehead atoms. The summed E-state index contributed by atoms with van der Waals surface area (Å²) in [5, 5.41) is 0. The zero-order valence-corrected chi connectivity index (χ0v) is 14.0. The van der Waals surface area contributed by atoms with Gasteiger partial charge in [-0.15, -0.1) is 0 Å². The normalized spacial score (nSPS) is 10.3. The van der Waals surface area contributed by atoms with E-state index in [1.54, 1.807) is 24.1 Å². The molecule has 0 aliphatic heterocycles. The first-order valence-corrected chi connectivity index (χ1v) is 7.54. The van der Waals surface area contributed by atoms with Crippen LogP contribution in [0.3, 0.4) is 0 Å². The van der Waals surface area contributed by atoms with E-state index in [2.05, 4.69) is 31.9 Å². The van der Waals surface area contributed by atoms with Crippen molar-refractivity contribution in [1.82, 2.24) is 4.90 Å². The topological polar surface area (TPSA) is 42.7 Å². The second kappa shape index (κ2) is 6.95.